The van der Waals surface area contributed by atoms with Crippen molar-refractivity contribution in [2.45, 2.75) is 71.1 Å². The molecule has 1 saturated carbocycles. The summed E-state index contributed by atoms with van der Waals surface area (Å²) in [6.07, 6.45) is 10.8. The highest BCUT2D eigenvalue weighted by Gasteiger charge is 2.23. The summed E-state index contributed by atoms with van der Waals surface area (Å²) in [6, 6.07) is 8.52. The van der Waals surface area contributed by atoms with Gasteiger partial charge in [-0.25, -0.2) is 13.2 Å². The molecule has 0 bridgehead atoms. The lowest BCUT2D eigenvalue weighted by molar-refractivity contribution is 0.336. The number of hydrogen-bond donors (Lipinski definition) is 0. The molecule has 0 unspecified atom stereocenters. The van der Waals surface area contributed by atoms with Crippen molar-refractivity contribution in [1.82, 2.24) is 0 Å². The van der Waals surface area contributed by atoms with Crippen LogP contribution in [0.1, 0.15) is 81.4 Å². The quantitative estimate of drug-likeness (QED) is 0.364. The molecule has 0 radical (unpaired) electrons. The average Bonchev–Trinajstić information content (AvgIpc) is 2.77. The summed E-state index contributed by atoms with van der Waals surface area (Å²) >= 11 is 0. The van der Waals surface area contributed by atoms with Crippen molar-refractivity contribution in [2.75, 3.05) is 6.61 Å². The van der Waals surface area contributed by atoms with Gasteiger partial charge in [-0.3, -0.25) is 0 Å². The van der Waals surface area contributed by atoms with Gasteiger partial charge in [0.15, 0.2) is 11.6 Å². The van der Waals surface area contributed by atoms with E-state index in [2.05, 4.69) is 6.92 Å². The molecule has 168 valence electrons. The highest BCUT2D eigenvalue weighted by atomic mass is 19.2. The summed E-state index contributed by atoms with van der Waals surface area (Å²) in [6.45, 7) is 4.48. The maximum Gasteiger partial charge on any atom is 0.166 e. The van der Waals surface area contributed by atoms with Crippen molar-refractivity contribution in [1.29, 1.82) is 0 Å². The van der Waals surface area contributed by atoms with Crippen LogP contribution >= 0.6 is 0 Å². The Balaban J connectivity index is 1.58. The molecule has 0 aromatic heterocycles. The highest BCUT2D eigenvalue weighted by Crippen LogP contribution is 2.38. The van der Waals surface area contributed by atoms with E-state index in [1.165, 1.54) is 6.07 Å². The van der Waals surface area contributed by atoms with Gasteiger partial charge in [0.2, 0.25) is 0 Å². The first-order valence-electron chi connectivity index (χ1n) is 11.6. The molecule has 0 spiro atoms. The minimum absolute atomic E-state index is 0.192. The summed E-state index contributed by atoms with van der Waals surface area (Å²) in [5, 5.41) is 0. The number of halogens is 3. The first-order chi connectivity index (χ1) is 15.0. The summed E-state index contributed by atoms with van der Waals surface area (Å²) in [5.41, 5.74) is 1.51. The molecule has 1 fully saturated rings. The van der Waals surface area contributed by atoms with Gasteiger partial charge in [0.1, 0.15) is 11.6 Å². The second kappa shape index (κ2) is 11.4. The summed E-state index contributed by atoms with van der Waals surface area (Å²) in [4.78, 5) is 0. The molecule has 0 aliphatic heterocycles. The van der Waals surface area contributed by atoms with Gasteiger partial charge in [0, 0.05) is 11.6 Å². The zero-order valence-corrected chi connectivity index (χ0v) is 18.6. The molecule has 0 atom stereocenters. The predicted octanol–water partition coefficient (Wildman–Crippen LogP) is 8.22. The van der Waals surface area contributed by atoms with Crippen molar-refractivity contribution >= 4 is 6.08 Å². The van der Waals surface area contributed by atoms with Gasteiger partial charge in [-0.15, -0.1) is 0 Å². The predicted molar refractivity (Wildman–Crippen MR) is 121 cm³/mol. The van der Waals surface area contributed by atoms with Crippen LogP contribution in [-0.2, 0) is 6.42 Å². The molecule has 1 aliphatic carbocycles. The van der Waals surface area contributed by atoms with Gasteiger partial charge in [-0.2, -0.15) is 0 Å². The van der Waals surface area contributed by atoms with Crippen LogP contribution in [0.15, 0.2) is 36.4 Å². The Morgan fingerprint density at radius 2 is 1.71 bits per heavy atom. The minimum atomic E-state index is -0.754. The van der Waals surface area contributed by atoms with E-state index in [0.717, 1.165) is 50.5 Å². The smallest absolute Gasteiger partial charge is 0.166 e. The summed E-state index contributed by atoms with van der Waals surface area (Å²) < 4.78 is 48.6. The molecular formula is C27H33F3O. The van der Waals surface area contributed by atoms with Crippen molar-refractivity contribution in [3.05, 3.63) is 70.5 Å². The molecular weight excluding hydrogens is 397 g/mol. The fourth-order valence-corrected chi connectivity index (χ4v) is 4.45. The molecule has 31 heavy (non-hydrogen) atoms. The lowest BCUT2D eigenvalue weighted by Gasteiger charge is -2.27. The molecule has 0 amide bonds. The molecule has 1 nitrogen and oxygen atoms in total. The number of hydrogen-bond acceptors (Lipinski definition) is 1. The van der Waals surface area contributed by atoms with Crippen LogP contribution in [-0.4, -0.2) is 6.61 Å². The Hall–Kier alpha value is -2.23. The van der Waals surface area contributed by atoms with Crippen LogP contribution in [0.3, 0.4) is 0 Å². The summed E-state index contributed by atoms with van der Waals surface area (Å²) in [7, 11) is 0. The SMILES string of the molecule is CCCCCc1ccc(C=CC2CCC(c3ccc(OCC)cc3F)CC2)c(F)c1F. The number of benzene rings is 2. The largest absolute Gasteiger partial charge is 0.494 e. The molecule has 2 aromatic rings. The Morgan fingerprint density at radius 3 is 2.39 bits per heavy atom. The third kappa shape index (κ3) is 6.15. The standard InChI is InChI=1S/C27H33F3O/c1-3-5-6-7-21-14-15-22(27(30)26(21)29)13-10-19-8-11-20(12-9-19)24-17-16-23(31-4-2)18-25(24)28/h10,13-20H,3-9,11-12H2,1-2H3. The van der Waals surface area contributed by atoms with E-state index < -0.39 is 11.6 Å². The fourth-order valence-electron chi connectivity index (χ4n) is 4.45. The maximum absolute atomic E-state index is 14.5. The molecule has 0 N–H and O–H groups in total. The third-order valence-electron chi connectivity index (χ3n) is 6.28. The minimum Gasteiger partial charge on any atom is -0.494 e. The molecule has 0 saturated heterocycles. The first-order valence-corrected chi connectivity index (χ1v) is 11.6. The average molecular weight is 431 g/mol. The number of allylic oxidation sites excluding steroid dienone is 1. The first kappa shape index (κ1) is 23.4. The Bertz CT molecular complexity index is 882. The van der Waals surface area contributed by atoms with E-state index in [9.17, 15) is 13.2 Å². The lowest BCUT2D eigenvalue weighted by atomic mass is 9.78. The van der Waals surface area contributed by atoms with Crippen LogP contribution in [0.4, 0.5) is 13.2 Å². The van der Waals surface area contributed by atoms with E-state index in [-0.39, 0.29) is 11.7 Å². The number of ether oxygens (including phenoxy) is 1. The van der Waals surface area contributed by atoms with Crippen molar-refractivity contribution < 1.29 is 17.9 Å². The molecule has 3 rings (SSSR count). The van der Waals surface area contributed by atoms with Crippen LogP contribution in [0, 0.1) is 23.4 Å². The Labute approximate surface area is 184 Å². The fraction of sp³-hybridized carbons (Fsp3) is 0.481. The highest BCUT2D eigenvalue weighted by molar-refractivity contribution is 5.51. The normalized spacial score (nSPS) is 19.1. The van der Waals surface area contributed by atoms with Crippen LogP contribution < -0.4 is 4.74 Å². The molecule has 0 heterocycles. The number of aryl methyl sites for hydroxylation is 1. The zero-order valence-electron chi connectivity index (χ0n) is 18.6. The summed E-state index contributed by atoms with van der Waals surface area (Å²) in [5.74, 6) is -0.624. The molecule has 4 heteroatoms. The maximum atomic E-state index is 14.5. The van der Waals surface area contributed by atoms with E-state index in [0.29, 0.717) is 35.8 Å². The van der Waals surface area contributed by atoms with Crippen molar-refractivity contribution in [3.8, 4) is 5.75 Å². The topological polar surface area (TPSA) is 9.23 Å². The molecule has 2 aromatic carbocycles. The van der Waals surface area contributed by atoms with Crippen LogP contribution in [0.25, 0.3) is 6.08 Å². The lowest BCUT2D eigenvalue weighted by Crippen LogP contribution is -2.13. The Kier molecular flexibility index (Phi) is 8.62. The number of rotatable bonds is 9. The van der Waals surface area contributed by atoms with Crippen LogP contribution in [0.5, 0.6) is 5.75 Å². The van der Waals surface area contributed by atoms with Gasteiger partial charge < -0.3 is 4.74 Å². The van der Waals surface area contributed by atoms with Crippen LogP contribution in [0.2, 0.25) is 0 Å². The van der Waals surface area contributed by atoms with E-state index >= 15 is 0 Å². The number of unbranched alkanes of at least 4 members (excludes halogenated alkanes) is 2. The second-order valence-electron chi connectivity index (χ2n) is 8.49. The second-order valence-corrected chi connectivity index (χ2v) is 8.49. The van der Waals surface area contributed by atoms with Gasteiger partial charge in [0.05, 0.1) is 6.61 Å². The monoisotopic (exact) mass is 430 g/mol. The van der Waals surface area contributed by atoms with Gasteiger partial charge in [0.25, 0.3) is 0 Å². The third-order valence-corrected chi connectivity index (χ3v) is 6.28. The van der Waals surface area contributed by atoms with E-state index in [1.807, 2.05) is 25.1 Å². The van der Waals surface area contributed by atoms with Gasteiger partial charge in [-0.05, 0) is 74.5 Å². The molecule has 1 aliphatic rings. The van der Waals surface area contributed by atoms with Gasteiger partial charge >= 0.3 is 0 Å². The van der Waals surface area contributed by atoms with E-state index in [1.54, 1.807) is 18.2 Å². The van der Waals surface area contributed by atoms with Crippen molar-refractivity contribution in [2.24, 2.45) is 5.92 Å². The zero-order chi connectivity index (χ0) is 22.2. The van der Waals surface area contributed by atoms with Gasteiger partial charge in [-0.1, -0.05) is 50.1 Å². The van der Waals surface area contributed by atoms with E-state index in [4.69, 9.17) is 4.74 Å². The van der Waals surface area contributed by atoms with Crippen molar-refractivity contribution in [3.63, 3.8) is 0 Å². The Morgan fingerprint density at radius 1 is 0.935 bits per heavy atom.